The highest BCUT2D eigenvalue weighted by Crippen LogP contribution is 2.13. The minimum Gasteiger partial charge on any atom is -0.467 e. The molecule has 0 unspecified atom stereocenters. The lowest BCUT2D eigenvalue weighted by molar-refractivity contribution is -0.117. The van der Waals surface area contributed by atoms with Crippen molar-refractivity contribution in [2.45, 2.75) is 6.54 Å². The van der Waals surface area contributed by atoms with Gasteiger partial charge in [-0.3, -0.25) is 4.79 Å². The zero-order chi connectivity index (χ0) is 14.4. The van der Waals surface area contributed by atoms with Crippen LogP contribution in [0.3, 0.4) is 0 Å². The van der Waals surface area contributed by atoms with Crippen LogP contribution in [0, 0.1) is 11.3 Å². The zero-order valence-electron chi connectivity index (χ0n) is 10.5. The lowest BCUT2D eigenvalue weighted by Gasteiger charge is -2.02. The maximum Gasteiger partial charge on any atom is 0.262 e. The number of halogens is 1. The Labute approximate surface area is 121 Å². The molecule has 0 aliphatic carbocycles. The summed E-state index contributed by atoms with van der Waals surface area (Å²) in [6.07, 6.45) is 3.01. The van der Waals surface area contributed by atoms with E-state index in [0.29, 0.717) is 16.3 Å². The van der Waals surface area contributed by atoms with Crippen LogP contribution in [0.25, 0.3) is 6.08 Å². The van der Waals surface area contributed by atoms with Gasteiger partial charge in [0.25, 0.3) is 5.91 Å². The molecular formula is C15H11ClN2O2. The highest BCUT2D eigenvalue weighted by atomic mass is 35.5. The number of nitriles is 1. The zero-order valence-corrected chi connectivity index (χ0v) is 11.2. The predicted octanol–water partition coefficient (Wildman–Crippen LogP) is 3.16. The fraction of sp³-hybridized carbons (Fsp3) is 0.0667. The largest absolute Gasteiger partial charge is 0.467 e. The van der Waals surface area contributed by atoms with Crippen LogP contribution < -0.4 is 5.32 Å². The first kappa shape index (κ1) is 13.9. The van der Waals surface area contributed by atoms with Crippen molar-refractivity contribution in [2.24, 2.45) is 0 Å². The van der Waals surface area contributed by atoms with E-state index in [9.17, 15) is 4.79 Å². The van der Waals surface area contributed by atoms with Crippen LogP contribution in [0.5, 0.6) is 0 Å². The molecule has 20 heavy (non-hydrogen) atoms. The van der Waals surface area contributed by atoms with E-state index >= 15 is 0 Å². The van der Waals surface area contributed by atoms with Crippen molar-refractivity contribution in [1.82, 2.24) is 5.32 Å². The molecule has 0 aliphatic rings. The molecule has 100 valence electrons. The molecule has 0 atom stereocenters. The van der Waals surface area contributed by atoms with Crippen molar-refractivity contribution in [3.8, 4) is 6.07 Å². The Bertz CT molecular complexity index is 669. The van der Waals surface area contributed by atoms with Gasteiger partial charge in [0.05, 0.1) is 12.8 Å². The maximum atomic E-state index is 11.9. The molecule has 4 nitrogen and oxygen atoms in total. The summed E-state index contributed by atoms with van der Waals surface area (Å²) in [4.78, 5) is 11.9. The SMILES string of the molecule is N#C/C(=C/c1cccc(Cl)c1)C(=O)NCc1ccco1. The molecule has 1 amide bonds. The Morgan fingerprint density at radius 2 is 2.25 bits per heavy atom. The Hall–Kier alpha value is -2.51. The predicted molar refractivity (Wildman–Crippen MR) is 75.6 cm³/mol. The number of carbonyl (C=O) groups is 1. The number of amides is 1. The van der Waals surface area contributed by atoms with Crippen LogP contribution in [0.1, 0.15) is 11.3 Å². The van der Waals surface area contributed by atoms with Crippen molar-refractivity contribution < 1.29 is 9.21 Å². The molecule has 1 heterocycles. The summed E-state index contributed by atoms with van der Waals surface area (Å²) in [6.45, 7) is 0.237. The first-order valence-electron chi connectivity index (χ1n) is 5.87. The van der Waals surface area contributed by atoms with Gasteiger partial charge in [-0.25, -0.2) is 0 Å². The quantitative estimate of drug-likeness (QED) is 0.693. The topological polar surface area (TPSA) is 66.0 Å². The summed E-state index contributed by atoms with van der Waals surface area (Å²) in [5.74, 6) is 0.169. The van der Waals surface area contributed by atoms with E-state index < -0.39 is 5.91 Å². The summed E-state index contributed by atoms with van der Waals surface area (Å²) in [6, 6.07) is 12.3. The van der Waals surface area contributed by atoms with E-state index in [1.807, 2.05) is 6.07 Å². The Balaban J connectivity index is 2.07. The lowest BCUT2D eigenvalue weighted by Crippen LogP contribution is -2.23. The molecule has 5 heteroatoms. The standard InChI is InChI=1S/C15H11ClN2O2/c16-13-4-1-3-11(8-13)7-12(9-17)15(19)18-10-14-5-2-6-20-14/h1-8H,10H2,(H,18,19)/b12-7-. The average molecular weight is 287 g/mol. The van der Waals surface area contributed by atoms with Crippen LogP contribution in [0.15, 0.2) is 52.7 Å². The van der Waals surface area contributed by atoms with Gasteiger partial charge in [-0.1, -0.05) is 23.7 Å². The number of hydrogen-bond acceptors (Lipinski definition) is 3. The molecule has 2 aromatic rings. The minimum atomic E-state index is -0.455. The fourth-order valence-electron chi connectivity index (χ4n) is 1.59. The fourth-order valence-corrected chi connectivity index (χ4v) is 1.79. The molecule has 0 fully saturated rings. The Morgan fingerprint density at radius 3 is 2.90 bits per heavy atom. The minimum absolute atomic E-state index is 0.0128. The first-order valence-corrected chi connectivity index (χ1v) is 6.25. The summed E-state index contributed by atoms with van der Waals surface area (Å²) in [7, 11) is 0. The molecule has 0 aliphatic heterocycles. The number of rotatable bonds is 4. The van der Waals surface area contributed by atoms with Gasteiger partial charge in [-0.15, -0.1) is 0 Å². The molecule has 0 spiro atoms. The first-order chi connectivity index (χ1) is 9.69. The van der Waals surface area contributed by atoms with Gasteiger partial charge < -0.3 is 9.73 Å². The monoisotopic (exact) mass is 286 g/mol. The van der Waals surface area contributed by atoms with Crippen LogP contribution in [-0.4, -0.2) is 5.91 Å². The third-order valence-corrected chi connectivity index (χ3v) is 2.76. The second-order valence-electron chi connectivity index (χ2n) is 3.99. The third kappa shape index (κ3) is 3.74. The van der Waals surface area contributed by atoms with E-state index in [-0.39, 0.29) is 12.1 Å². The average Bonchev–Trinajstić information content (AvgIpc) is 2.95. The molecule has 0 radical (unpaired) electrons. The number of nitrogens with zero attached hydrogens (tertiary/aromatic N) is 1. The third-order valence-electron chi connectivity index (χ3n) is 2.53. The highest BCUT2D eigenvalue weighted by Gasteiger charge is 2.09. The van der Waals surface area contributed by atoms with Crippen molar-refractivity contribution in [2.75, 3.05) is 0 Å². The molecule has 0 saturated heterocycles. The van der Waals surface area contributed by atoms with Crippen LogP contribution >= 0.6 is 11.6 Å². The second-order valence-corrected chi connectivity index (χ2v) is 4.42. The summed E-state index contributed by atoms with van der Waals surface area (Å²) in [5.41, 5.74) is 0.709. The van der Waals surface area contributed by atoms with Gasteiger partial charge in [-0.2, -0.15) is 5.26 Å². The number of benzene rings is 1. The van der Waals surface area contributed by atoms with E-state index in [2.05, 4.69) is 5.32 Å². The van der Waals surface area contributed by atoms with Gasteiger partial charge in [0.15, 0.2) is 0 Å². The number of nitrogens with one attached hydrogen (secondary N) is 1. The van der Waals surface area contributed by atoms with E-state index in [1.54, 1.807) is 36.4 Å². The molecular weight excluding hydrogens is 276 g/mol. The van der Waals surface area contributed by atoms with Gasteiger partial charge in [0.2, 0.25) is 0 Å². The molecule has 2 rings (SSSR count). The van der Waals surface area contributed by atoms with Crippen LogP contribution in [0.4, 0.5) is 0 Å². The number of carbonyl (C=O) groups excluding carboxylic acids is 1. The normalized spacial score (nSPS) is 10.9. The Morgan fingerprint density at radius 1 is 1.40 bits per heavy atom. The van der Waals surface area contributed by atoms with Gasteiger partial charge >= 0.3 is 0 Å². The summed E-state index contributed by atoms with van der Waals surface area (Å²) >= 11 is 5.85. The summed E-state index contributed by atoms with van der Waals surface area (Å²) in [5, 5.41) is 12.2. The highest BCUT2D eigenvalue weighted by molar-refractivity contribution is 6.30. The number of hydrogen-bond donors (Lipinski definition) is 1. The van der Waals surface area contributed by atoms with Crippen molar-refractivity contribution in [1.29, 1.82) is 5.26 Å². The molecule has 1 aromatic carbocycles. The van der Waals surface area contributed by atoms with Gasteiger partial charge in [-0.05, 0) is 35.9 Å². The van der Waals surface area contributed by atoms with Gasteiger partial charge in [0.1, 0.15) is 17.4 Å². The maximum absolute atomic E-state index is 11.9. The molecule has 0 saturated carbocycles. The van der Waals surface area contributed by atoms with E-state index in [4.69, 9.17) is 21.3 Å². The smallest absolute Gasteiger partial charge is 0.262 e. The van der Waals surface area contributed by atoms with E-state index in [0.717, 1.165) is 0 Å². The van der Waals surface area contributed by atoms with Crippen molar-refractivity contribution >= 4 is 23.6 Å². The van der Waals surface area contributed by atoms with Crippen molar-refractivity contribution in [3.63, 3.8) is 0 Å². The van der Waals surface area contributed by atoms with Crippen LogP contribution in [-0.2, 0) is 11.3 Å². The van der Waals surface area contributed by atoms with Crippen molar-refractivity contribution in [3.05, 3.63) is 64.6 Å². The molecule has 0 bridgehead atoms. The molecule has 1 N–H and O–H groups in total. The molecule has 1 aromatic heterocycles. The van der Waals surface area contributed by atoms with Gasteiger partial charge in [0, 0.05) is 5.02 Å². The van der Waals surface area contributed by atoms with Crippen LogP contribution in [0.2, 0.25) is 5.02 Å². The second kappa shape index (κ2) is 6.60. The summed E-state index contributed by atoms with van der Waals surface area (Å²) < 4.78 is 5.10. The Kier molecular flexibility index (Phi) is 4.59. The lowest BCUT2D eigenvalue weighted by atomic mass is 10.1. The van der Waals surface area contributed by atoms with E-state index in [1.165, 1.54) is 12.3 Å². The number of furan rings is 1.